The van der Waals surface area contributed by atoms with Crippen LogP contribution in [0.25, 0.3) is 0 Å². The second-order valence-electron chi connectivity index (χ2n) is 6.55. The summed E-state index contributed by atoms with van der Waals surface area (Å²) in [4.78, 5) is 22.6. The highest BCUT2D eigenvalue weighted by Gasteiger charge is 2.12. The number of aryl methyl sites for hydroxylation is 2. The summed E-state index contributed by atoms with van der Waals surface area (Å²) in [7, 11) is 0. The Labute approximate surface area is 158 Å². The van der Waals surface area contributed by atoms with Crippen molar-refractivity contribution in [2.75, 3.05) is 0 Å². The van der Waals surface area contributed by atoms with Crippen LogP contribution in [0.2, 0.25) is 0 Å². The Balaban J connectivity index is 2.10. The maximum atomic E-state index is 12.1. The van der Waals surface area contributed by atoms with E-state index in [1.54, 1.807) is 0 Å². The van der Waals surface area contributed by atoms with Gasteiger partial charge in [0.05, 0.1) is 23.7 Å². The summed E-state index contributed by atoms with van der Waals surface area (Å²) >= 11 is 0. The maximum Gasteiger partial charge on any atom is 0.270 e. The topological polar surface area (TPSA) is 93.8 Å². The Hall–Kier alpha value is -3.22. The van der Waals surface area contributed by atoms with Gasteiger partial charge < -0.3 is 4.74 Å². The van der Waals surface area contributed by atoms with Crippen molar-refractivity contribution in [2.24, 2.45) is 5.10 Å². The number of nitrogens with zero attached hydrogens (tertiary/aromatic N) is 2. The molecule has 2 aromatic rings. The molecule has 7 heteroatoms. The molecule has 1 N–H and O–H groups in total. The van der Waals surface area contributed by atoms with Gasteiger partial charge in [-0.05, 0) is 44.9 Å². The predicted octanol–water partition coefficient (Wildman–Crippen LogP) is 3.69. The van der Waals surface area contributed by atoms with Crippen molar-refractivity contribution in [1.82, 2.24) is 5.43 Å². The number of carbonyl (C=O) groups excluding carboxylic acids is 1. The molecule has 142 valence electrons. The first kappa shape index (κ1) is 20.1. The van der Waals surface area contributed by atoms with E-state index >= 15 is 0 Å². The molecule has 0 fully saturated rings. The Morgan fingerprint density at radius 3 is 2.63 bits per heavy atom. The van der Waals surface area contributed by atoms with Crippen molar-refractivity contribution in [3.63, 3.8) is 0 Å². The third-order valence-corrected chi connectivity index (χ3v) is 3.81. The number of hydrazone groups is 1. The number of amides is 1. The fourth-order valence-corrected chi connectivity index (χ4v) is 2.54. The molecule has 0 aliphatic heterocycles. The lowest BCUT2D eigenvalue weighted by Crippen LogP contribution is -2.20. The van der Waals surface area contributed by atoms with Crippen LogP contribution in [-0.4, -0.2) is 23.1 Å². The van der Waals surface area contributed by atoms with Crippen molar-refractivity contribution in [1.29, 1.82) is 0 Å². The molecule has 0 saturated heterocycles. The second-order valence-corrected chi connectivity index (χ2v) is 6.55. The minimum absolute atomic E-state index is 0.0748. The smallest absolute Gasteiger partial charge is 0.270 e. The van der Waals surface area contributed by atoms with Gasteiger partial charge in [0.1, 0.15) is 5.75 Å². The van der Waals surface area contributed by atoms with E-state index in [1.807, 2.05) is 45.9 Å². The average Bonchev–Trinajstić information content (AvgIpc) is 2.58. The van der Waals surface area contributed by atoms with Crippen LogP contribution in [0.3, 0.4) is 0 Å². The third-order valence-electron chi connectivity index (χ3n) is 3.81. The molecular weight excluding hydrogens is 346 g/mol. The van der Waals surface area contributed by atoms with Gasteiger partial charge in [-0.2, -0.15) is 5.10 Å². The minimum atomic E-state index is -0.491. The molecular formula is C20H23N3O4. The predicted molar refractivity (Wildman–Crippen MR) is 104 cm³/mol. The summed E-state index contributed by atoms with van der Waals surface area (Å²) in [6.45, 7) is 7.66. The van der Waals surface area contributed by atoms with E-state index < -0.39 is 4.92 Å². The van der Waals surface area contributed by atoms with Crippen molar-refractivity contribution in [3.05, 3.63) is 68.8 Å². The average molecular weight is 369 g/mol. The van der Waals surface area contributed by atoms with Crippen LogP contribution in [0, 0.1) is 24.0 Å². The molecule has 0 unspecified atom stereocenters. The number of hydrogen-bond donors (Lipinski definition) is 1. The van der Waals surface area contributed by atoms with Crippen LogP contribution >= 0.6 is 0 Å². The molecule has 0 spiro atoms. The number of carbonyl (C=O) groups is 1. The van der Waals surface area contributed by atoms with Gasteiger partial charge in [-0.15, -0.1) is 0 Å². The van der Waals surface area contributed by atoms with E-state index in [0.29, 0.717) is 11.3 Å². The highest BCUT2D eigenvalue weighted by Crippen LogP contribution is 2.23. The van der Waals surface area contributed by atoms with Crippen LogP contribution < -0.4 is 10.2 Å². The fourth-order valence-electron chi connectivity index (χ4n) is 2.54. The van der Waals surface area contributed by atoms with Gasteiger partial charge in [-0.25, -0.2) is 5.43 Å². The largest absolute Gasteiger partial charge is 0.490 e. The molecule has 0 radical (unpaired) electrons. The standard InChI is InChI=1S/C20H23N3O4/c1-13(2)27-19-8-7-18(23(25)26)10-17(19)12-21-22-20(24)11-16-6-5-14(3)9-15(16)4/h5-10,12-13H,11H2,1-4H3,(H,22,24)/b21-12+. The number of rotatable bonds is 7. The molecule has 2 rings (SSSR count). The highest BCUT2D eigenvalue weighted by molar-refractivity contribution is 5.86. The summed E-state index contributed by atoms with van der Waals surface area (Å²) in [5, 5.41) is 14.9. The van der Waals surface area contributed by atoms with Gasteiger partial charge >= 0.3 is 0 Å². The van der Waals surface area contributed by atoms with Gasteiger partial charge in [0.25, 0.3) is 5.69 Å². The first-order valence-electron chi connectivity index (χ1n) is 8.59. The number of benzene rings is 2. The molecule has 2 aromatic carbocycles. The molecule has 0 saturated carbocycles. The molecule has 0 heterocycles. The van der Waals surface area contributed by atoms with E-state index in [0.717, 1.165) is 16.7 Å². The zero-order chi connectivity index (χ0) is 20.0. The van der Waals surface area contributed by atoms with Gasteiger partial charge in [0, 0.05) is 17.7 Å². The van der Waals surface area contributed by atoms with Gasteiger partial charge in [-0.1, -0.05) is 23.8 Å². The maximum absolute atomic E-state index is 12.1. The van der Waals surface area contributed by atoms with Crippen LogP contribution in [0.15, 0.2) is 41.5 Å². The number of nitro benzene ring substituents is 1. The summed E-state index contributed by atoms with van der Waals surface area (Å²) in [6, 6.07) is 10.1. The number of nitro groups is 1. The number of nitrogens with one attached hydrogen (secondary N) is 1. The molecule has 0 atom stereocenters. The van der Waals surface area contributed by atoms with E-state index in [1.165, 1.54) is 24.4 Å². The first-order chi connectivity index (χ1) is 12.8. The highest BCUT2D eigenvalue weighted by atomic mass is 16.6. The number of hydrogen-bond acceptors (Lipinski definition) is 5. The lowest BCUT2D eigenvalue weighted by molar-refractivity contribution is -0.384. The van der Waals surface area contributed by atoms with E-state index in [9.17, 15) is 14.9 Å². The summed E-state index contributed by atoms with van der Waals surface area (Å²) in [6.07, 6.45) is 1.45. The number of ether oxygens (including phenoxy) is 1. The van der Waals surface area contributed by atoms with E-state index in [4.69, 9.17) is 4.74 Å². The lowest BCUT2D eigenvalue weighted by atomic mass is 10.0. The lowest BCUT2D eigenvalue weighted by Gasteiger charge is -2.12. The Morgan fingerprint density at radius 1 is 1.26 bits per heavy atom. The number of non-ortho nitro benzene ring substituents is 1. The van der Waals surface area contributed by atoms with Crippen LogP contribution in [0.5, 0.6) is 5.75 Å². The normalized spacial score (nSPS) is 11.0. The van der Waals surface area contributed by atoms with E-state index in [2.05, 4.69) is 10.5 Å². The van der Waals surface area contributed by atoms with Crippen LogP contribution in [0.4, 0.5) is 5.69 Å². The molecule has 0 bridgehead atoms. The summed E-state index contributed by atoms with van der Waals surface area (Å²) in [5.74, 6) is 0.193. The van der Waals surface area contributed by atoms with Crippen LogP contribution in [-0.2, 0) is 11.2 Å². The quantitative estimate of drug-likeness (QED) is 0.457. The van der Waals surface area contributed by atoms with E-state index in [-0.39, 0.29) is 24.1 Å². The molecule has 0 aliphatic rings. The second kappa shape index (κ2) is 8.93. The summed E-state index contributed by atoms with van der Waals surface area (Å²) < 4.78 is 5.63. The Bertz CT molecular complexity index is 876. The molecule has 1 amide bonds. The zero-order valence-corrected chi connectivity index (χ0v) is 15.9. The van der Waals surface area contributed by atoms with Crippen molar-refractivity contribution < 1.29 is 14.5 Å². The minimum Gasteiger partial charge on any atom is -0.490 e. The van der Waals surface area contributed by atoms with Gasteiger partial charge in [-0.3, -0.25) is 14.9 Å². The zero-order valence-electron chi connectivity index (χ0n) is 15.9. The van der Waals surface area contributed by atoms with Crippen molar-refractivity contribution in [2.45, 2.75) is 40.2 Å². The monoisotopic (exact) mass is 369 g/mol. The molecule has 7 nitrogen and oxygen atoms in total. The van der Waals surface area contributed by atoms with Gasteiger partial charge in [0.15, 0.2) is 0 Å². The van der Waals surface area contributed by atoms with Crippen LogP contribution in [0.1, 0.15) is 36.1 Å². The Kier molecular flexibility index (Phi) is 6.65. The molecule has 27 heavy (non-hydrogen) atoms. The first-order valence-corrected chi connectivity index (χ1v) is 8.59. The van der Waals surface area contributed by atoms with Gasteiger partial charge in [0.2, 0.25) is 5.91 Å². The summed E-state index contributed by atoms with van der Waals surface area (Å²) in [5.41, 5.74) is 5.90. The third kappa shape index (κ3) is 5.91. The Morgan fingerprint density at radius 2 is 2.00 bits per heavy atom. The fraction of sp³-hybridized carbons (Fsp3) is 0.300. The SMILES string of the molecule is Cc1ccc(CC(=O)N/N=C/c2cc([N+](=O)[O-])ccc2OC(C)C)c(C)c1. The van der Waals surface area contributed by atoms with Crippen molar-refractivity contribution >= 4 is 17.8 Å². The van der Waals surface area contributed by atoms with Crippen molar-refractivity contribution in [3.8, 4) is 5.75 Å². The molecule has 0 aromatic heterocycles. The molecule has 0 aliphatic carbocycles.